The first-order valence-electron chi connectivity index (χ1n) is 5.89. The van der Waals surface area contributed by atoms with Gasteiger partial charge in [-0.2, -0.15) is 0 Å². The van der Waals surface area contributed by atoms with Crippen LogP contribution in [0.4, 0.5) is 0 Å². The summed E-state index contributed by atoms with van der Waals surface area (Å²) in [6.45, 7) is 2.19. The van der Waals surface area contributed by atoms with Gasteiger partial charge in [0, 0.05) is 17.1 Å². The Morgan fingerprint density at radius 1 is 1.31 bits per heavy atom. The van der Waals surface area contributed by atoms with Gasteiger partial charge in [-0.15, -0.1) is 0 Å². The molecule has 0 spiro atoms. The molecule has 0 bridgehead atoms. The van der Waals surface area contributed by atoms with E-state index < -0.39 is 0 Å². The van der Waals surface area contributed by atoms with E-state index in [9.17, 15) is 4.79 Å². The fourth-order valence-electron chi connectivity index (χ4n) is 1.60. The summed E-state index contributed by atoms with van der Waals surface area (Å²) in [5.41, 5.74) is 0.568. The molecule has 88 valence electrons. The van der Waals surface area contributed by atoms with E-state index in [1.807, 2.05) is 12.1 Å². The van der Waals surface area contributed by atoms with Crippen molar-refractivity contribution >= 4 is 21.7 Å². The minimum absolute atomic E-state index is 0.143. The highest BCUT2D eigenvalue weighted by Crippen LogP contribution is 2.16. The first kappa shape index (κ1) is 13.4. The Labute approximate surface area is 106 Å². The normalized spacial score (nSPS) is 10.4. The number of aromatic nitrogens is 1. The molecule has 1 aromatic rings. The Balaban J connectivity index is 2.33. The number of Topliss-reactive ketones (excluding diaryl/α,β-unsaturated/α-hetero) is 1. The second-order valence-corrected chi connectivity index (χ2v) is 4.78. The zero-order valence-corrected chi connectivity index (χ0v) is 11.3. The Morgan fingerprint density at radius 3 is 2.75 bits per heavy atom. The van der Waals surface area contributed by atoms with Gasteiger partial charge in [0.2, 0.25) is 0 Å². The van der Waals surface area contributed by atoms with Crippen LogP contribution in [0.2, 0.25) is 0 Å². The van der Waals surface area contributed by atoms with Crippen molar-refractivity contribution in [2.24, 2.45) is 0 Å². The maximum Gasteiger partial charge on any atom is 0.182 e. The quantitative estimate of drug-likeness (QED) is 0.549. The van der Waals surface area contributed by atoms with E-state index >= 15 is 0 Å². The van der Waals surface area contributed by atoms with Gasteiger partial charge in [0.15, 0.2) is 5.78 Å². The van der Waals surface area contributed by atoms with Crippen LogP contribution in [0, 0.1) is 0 Å². The summed E-state index contributed by atoms with van der Waals surface area (Å²) in [6.07, 6.45) is 8.12. The zero-order valence-electron chi connectivity index (χ0n) is 9.71. The third kappa shape index (κ3) is 4.44. The van der Waals surface area contributed by atoms with E-state index in [0.717, 1.165) is 17.3 Å². The third-order valence-electron chi connectivity index (χ3n) is 2.53. The molecule has 0 aliphatic carbocycles. The lowest BCUT2D eigenvalue weighted by Gasteiger charge is -2.02. The van der Waals surface area contributed by atoms with Crippen molar-refractivity contribution in [3.63, 3.8) is 0 Å². The molecule has 0 amide bonds. The summed E-state index contributed by atoms with van der Waals surface area (Å²) in [5, 5.41) is 0. The van der Waals surface area contributed by atoms with Crippen molar-refractivity contribution in [1.82, 2.24) is 4.98 Å². The highest BCUT2D eigenvalue weighted by Gasteiger charge is 2.10. The number of halogens is 1. The number of hydrogen-bond acceptors (Lipinski definition) is 2. The number of nitrogens with zero attached hydrogens (tertiary/aromatic N) is 1. The first-order valence-corrected chi connectivity index (χ1v) is 6.68. The second kappa shape index (κ2) is 7.55. The fraction of sp³-hybridized carbons (Fsp3) is 0.538. The van der Waals surface area contributed by atoms with Crippen molar-refractivity contribution in [3.8, 4) is 0 Å². The smallest absolute Gasteiger partial charge is 0.182 e. The van der Waals surface area contributed by atoms with Gasteiger partial charge in [-0.1, -0.05) is 32.6 Å². The van der Waals surface area contributed by atoms with Gasteiger partial charge in [0.1, 0.15) is 5.69 Å². The Bertz CT molecular complexity index is 338. The van der Waals surface area contributed by atoms with Crippen molar-refractivity contribution in [1.29, 1.82) is 0 Å². The molecule has 16 heavy (non-hydrogen) atoms. The molecule has 0 aliphatic heterocycles. The van der Waals surface area contributed by atoms with Crippen LogP contribution < -0.4 is 0 Å². The minimum atomic E-state index is 0.143. The zero-order chi connectivity index (χ0) is 11.8. The minimum Gasteiger partial charge on any atom is -0.292 e. The molecule has 0 atom stereocenters. The number of unbranched alkanes of at least 4 members (excludes halogenated alkanes) is 4. The van der Waals surface area contributed by atoms with Crippen LogP contribution >= 0.6 is 15.9 Å². The second-order valence-electron chi connectivity index (χ2n) is 3.92. The molecule has 0 radical (unpaired) electrons. The fourth-order valence-corrected chi connectivity index (χ4v) is 2.07. The molecule has 0 unspecified atom stereocenters. The lowest BCUT2D eigenvalue weighted by molar-refractivity contribution is 0.0973. The molecule has 1 aromatic heterocycles. The van der Waals surface area contributed by atoms with Crippen LogP contribution in [0.5, 0.6) is 0 Å². The van der Waals surface area contributed by atoms with Crippen LogP contribution in [-0.2, 0) is 0 Å². The SMILES string of the molecule is CCCCCCCC(=O)c1ncccc1Br. The lowest BCUT2D eigenvalue weighted by Crippen LogP contribution is -2.02. The molecule has 0 aromatic carbocycles. The van der Waals surface area contributed by atoms with E-state index in [1.54, 1.807) is 6.20 Å². The summed E-state index contributed by atoms with van der Waals surface area (Å²) < 4.78 is 0.800. The number of rotatable bonds is 7. The molecule has 3 heteroatoms. The summed E-state index contributed by atoms with van der Waals surface area (Å²) in [5.74, 6) is 0.143. The molecule has 1 heterocycles. The van der Waals surface area contributed by atoms with Gasteiger partial charge in [-0.25, -0.2) is 0 Å². The molecule has 0 fully saturated rings. The molecule has 0 saturated heterocycles. The Hall–Kier alpha value is -0.700. The van der Waals surface area contributed by atoms with Gasteiger partial charge in [0.05, 0.1) is 0 Å². The van der Waals surface area contributed by atoms with E-state index in [0.29, 0.717) is 12.1 Å². The van der Waals surface area contributed by atoms with Gasteiger partial charge in [0.25, 0.3) is 0 Å². The predicted octanol–water partition coefficient (Wildman–Crippen LogP) is 4.39. The molecular weight excluding hydrogens is 266 g/mol. The van der Waals surface area contributed by atoms with Gasteiger partial charge >= 0.3 is 0 Å². The standard InChI is InChI=1S/C13H18BrNO/c1-2-3-4-5-6-9-12(16)13-11(14)8-7-10-15-13/h7-8,10H,2-6,9H2,1H3. The molecular formula is C13H18BrNO. The van der Waals surface area contributed by atoms with Crippen LogP contribution in [0.15, 0.2) is 22.8 Å². The van der Waals surface area contributed by atoms with Crippen molar-refractivity contribution < 1.29 is 4.79 Å². The van der Waals surface area contributed by atoms with E-state index in [2.05, 4.69) is 27.8 Å². The number of ketones is 1. The highest BCUT2D eigenvalue weighted by atomic mass is 79.9. The molecule has 1 rings (SSSR count). The largest absolute Gasteiger partial charge is 0.292 e. The predicted molar refractivity (Wildman–Crippen MR) is 69.6 cm³/mol. The Morgan fingerprint density at radius 2 is 2.06 bits per heavy atom. The molecule has 2 nitrogen and oxygen atoms in total. The average Bonchev–Trinajstić information content (AvgIpc) is 2.29. The lowest BCUT2D eigenvalue weighted by atomic mass is 10.1. The van der Waals surface area contributed by atoms with Crippen LogP contribution in [0.1, 0.15) is 55.9 Å². The number of pyridine rings is 1. The van der Waals surface area contributed by atoms with E-state index in [1.165, 1.54) is 19.3 Å². The van der Waals surface area contributed by atoms with Gasteiger partial charge in [-0.05, 0) is 34.5 Å². The maximum absolute atomic E-state index is 11.8. The van der Waals surface area contributed by atoms with Gasteiger partial charge < -0.3 is 0 Å². The summed E-state index contributed by atoms with van der Waals surface area (Å²) in [7, 11) is 0. The highest BCUT2D eigenvalue weighted by molar-refractivity contribution is 9.10. The molecule has 0 aliphatic rings. The van der Waals surface area contributed by atoms with Crippen molar-refractivity contribution in [3.05, 3.63) is 28.5 Å². The van der Waals surface area contributed by atoms with Crippen LogP contribution in [0.3, 0.4) is 0 Å². The number of carbonyl (C=O) groups excluding carboxylic acids is 1. The first-order chi connectivity index (χ1) is 7.75. The monoisotopic (exact) mass is 283 g/mol. The Kier molecular flexibility index (Phi) is 6.31. The van der Waals surface area contributed by atoms with Gasteiger partial charge in [-0.3, -0.25) is 9.78 Å². The summed E-state index contributed by atoms with van der Waals surface area (Å²) in [6, 6.07) is 3.68. The topological polar surface area (TPSA) is 30.0 Å². The molecule has 0 N–H and O–H groups in total. The average molecular weight is 284 g/mol. The molecule has 0 saturated carbocycles. The summed E-state index contributed by atoms with van der Waals surface area (Å²) >= 11 is 3.35. The van der Waals surface area contributed by atoms with E-state index in [4.69, 9.17) is 0 Å². The van der Waals surface area contributed by atoms with Crippen LogP contribution in [-0.4, -0.2) is 10.8 Å². The third-order valence-corrected chi connectivity index (χ3v) is 3.17. The summed E-state index contributed by atoms with van der Waals surface area (Å²) in [4.78, 5) is 15.9. The van der Waals surface area contributed by atoms with Crippen molar-refractivity contribution in [2.75, 3.05) is 0 Å². The maximum atomic E-state index is 11.8. The van der Waals surface area contributed by atoms with Crippen LogP contribution in [0.25, 0.3) is 0 Å². The number of carbonyl (C=O) groups is 1. The van der Waals surface area contributed by atoms with Crippen molar-refractivity contribution in [2.45, 2.75) is 45.4 Å². The number of hydrogen-bond donors (Lipinski definition) is 0. The van der Waals surface area contributed by atoms with E-state index in [-0.39, 0.29) is 5.78 Å².